The third kappa shape index (κ3) is 3.85. The molecule has 0 bridgehead atoms. The van der Waals surface area contributed by atoms with Gasteiger partial charge in [-0.3, -0.25) is 4.79 Å². The van der Waals surface area contributed by atoms with Crippen molar-refractivity contribution in [3.05, 3.63) is 0 Å². The molecule has 0 radical (unpaired) electrons. The quantitative estimate of drug-likeness (QED) is 0.790. The van der Waals surface area contributed by atoms with Gasteiger partial charge in [0.25, 0.3) is 0 Å². The van der Waals surface area contributed by atoms with E-state index < -0.39 is 19.4 Å². The summed E-state index contributed by atoms with van der Waals surface area (Å²) in [6.45, 7) is -0.190. The predicted molar refractivity (Wildman–Crippen MR) is 67.3 cm³/mol. The molecule has 0 aromatic rings. The van der Waals surface area contributed by atoms with Crippen LogP contribution >= 0.6 is 0 Å². The van der Waals surface area contributed by atoms with Crippen LogP contribution in [0.25, 0.3) is 0 Å². The van der Waals surface area contributed by atoms with Crippen LogP contribution in [0.4, 0.5) is 13.2 Å². The molecule has 0 saturated carbocycles. The van der Waals surface area contributed by atoms with Crippen LogP contribution in [0, 0.1) is 0 Å². The van der Waals surface area contributed by atoms with Gasteiger partial charge in [0.2, 0.25) is 5.91 Å². The summed E-state index contributed by atoms with van der Waals surface area (Å²) in [5.41, 5.74) is 0. The number of amides is 1. The molecule has 2 saturated heterocycles. The summed E-state index contributed by atoms with van der Waals surface area (Å²) in [4.78, 5) is 16.0. The Balaban J connectivity index is 1.85. The minimum atomic E-state index is -4.38. The van der Waals surface area contributed by atoms with Crippen LogP contribution in [0.2, 0.25) is 0 Å². The fraction of sp³-hybridized carbons (Fsp3) is 0.923. The van der Waals surface area contributed by atoms with Crippen LogP contribution in [-0.4, -0.2) is 67.3 Å². The summed E-state index contributed by atoms with van der Waals surface area (Å²) in [6, 6.07) is 0.466. The molecule has 2 aliphatic rings. The van der Waals surface area contributed by atoms with Gasteiger partial charge in [-0.2, -0.15) is 13.2 Å². The molecule has 2 unspecified atom stereocenters. The van der Waals surface area contributed by atoms with Crippen LogP contribution in [-0.2, 0) is 9.53 Å². The Hall–Kier alpha value is -0.820. The van der Waals surface area contributed by atoms with Gasteiger partial charge in [-0.05, 0) is 39.3 Å². The van der Waals surface area contributed by atoms with E-state index in [9.17, 15) is 18.0 Å². The van der Waals surface area contributed by atoms with Gasteiger partial charge in [0.15, 0.2) is 0 Å². The number of halogens is 3. The molecule has 116 valence electrons. The summed E-state index contributed by atoms with van der Waals surface area (Å²) >= 11 is 0. The molecule has 2 fully saturated rings. The number of alkyl halides is 3. The second kappa shape index (κ2) is 6.30. The molecule has 2 heterocycles. The first-order valence-corrected chi connectivity index (χ1v) is 7.03. The molecule has 0 aromatic heterocycles. The summed E-state index contributed by atoms with van der Waals surface area (Å²) in [7, 11) is 2.04. The highest BCUT2D eigenvalue weighted by Crippen LogP contribution is 2.29. The highest BCUT2D eigenvalue weighted by Gasteiger charge is 2.38. The lowest BCUT2D eigenvalue weighted by Crippen LogP contribution is -2.48. The molecule has 2 atom stereocenters. The lowest BCUT2D eigenvalue weighted by molar-refractivity contribution is -0.178. The zero-order valence-electron chi connectivity index (χ0n) is 11.7. The third-order valence-electron chi connectivity index (χ3n) is 4.13. The Bertz CT molecular complexity index is 349. The molecule has 0 spiro atoms. The van der Waals surface area contributed by atoms with E-state index in [4.69, 9.17) is 0 Å². The summed E-state index contributed by atoms with van der Waals surface area (Å²) < 4.78 is 40.5. The molecule has 0 aliphatic carbocycles. The Morgan fingerprint density at radius 3 is 2.45 bits per heavy atom. The van der Waals surface area contributed by atoms with Crippen molar-refractivity contribution in [2.45, 2.75) is 43.9 Å². The third-order valence-corrected chi connectivity index (χ3v) is 4.13. The number of ether oxygens (including phenoxy) is 1. The van der Waals surface area contributed by atoms with Gasteiger partial charge < -0.3 is 14.5 Å². The van der Waals surface area contributed by atoms with Crippen molar-refractivity contribution >= 4 is 5.91 Å². The van der Waals surface area contributed by atoms with Crippen molar-refractivity contribution in [1.82, 2.24) is 9.80 Å². The van der Waals surface area contributed by atoms with Crippen molar-refractivity contribution in [2.75, 3.05) is 33.4 Å². The Kier molecular flexibility index (Phi) is 4.90. The smallest absolute Gasteiger partial charge is 0.362 e. The SMILES string of the molecule is CN1CCCC1C1CCCN1C(=O)COCC(F)(F)F. The van der Waals surface area contributed by atoms with Crippen molar-refractivity contribution in [3.63, 3.8) is 0 Å². The van der Waals surface area contributed by atoms with E-state index in [1.54, 1.807) is 4.90 Å². The maximum absolute atomic E-state index is 12.0. The number of likely N-dealkylation sites (N-methyl/N-ethyl adjacent to an activating group) is 1. The molecular weight excluding hydrogens is 273 g/mol. The first-order valence-electron chi connectivity index (χ1n) is 7.03. The van der Waals surface area contributed by atoms with Crippen LogP contribution in [0.1, 0.15) is 25.7 Å². The van der Waals surface area contributed by atoms with Gasteiger partial charge in [-0.15, -0.1) is 0 Å². The fourth-order valence-corrected chi connectivity index (χ4v) is 3.26. The highest BCUT2D eigenvalue weighted by atomic mass is 19.4. The number of likely N-dealkylation sites (tertiary alicyclic amines) is 2. The molecule has 1 amide bonds. The number of rotatable bonds is 4. The summed E-state index contributed by atoms with van der Waals surface area (Å²) in [5.74, 6) is -0.322. The van der Waals surface area contributed by atoms with Crippen LogP contribution < -0.4 is 0 Å². The van der Waals surface area contributed by atoms with Gasteiger partial charge >= 0.3 is 6.18 Å². The zero-order valence-corrected chi connectivity index (χ0v) is 11.7. The first-order chi connectivity index (χ1) is 9.38. The number of carbonyl (C=O) groups is 1. The van der Waals surface area contributed by atoms with Crippen molar-refractivity contribution in [1.29, 1.82) is 0 Å². The molecule has 0 N–H and O–H groups in total. The number of hydrogen-bond donors (Lipinski definition) is 0. The van der Waals surface area contributed by atoms with E-state index >= 15 is 0 Å². The van der Waals surface area contributed by atoms with E-state index in [0.29, 0.717) is 12.6 Å². The van der Waals surface area contributed by atoms with E-state index in [2.05, 4.69) is 9.64 Å². The molecule has 7 heteroatoms. The second-order valence-electron chi connectivity index (χ2n) is 5.59. The molecule has 2 rings (SSSR count). The van der Waals surface area contributed by atoms with E-state index in [1.165, 1.54) is 0 Å². The first kappa shape index (κ1) is 15.6. The molecule has 2 aliphatic heterocycles. The summed E-state index contributed by atoms with van der Waals surface area (Å²) in [5, 5.41) is 0. The number of nitrogens with zero attached hydrogens (tertiary/aromatic N) is 2. The minimum absolute atomic E-state index is 0.129. The van der Waals surface area contributed by atoms with Crippen molar-refractivity contribution < 1.29 is 22.7 Å². The van der Waals surface area contributed by atoms with Crippen molar-refractivity contribution in [3.8, 4) is 0 Å². The van der Waals surface area contributed by atoms with Gasteiger partial charge in [0.05, 0.1) is 0 Å². The van der Waals surface area contributed by atoms with E-state index in [-0.39, 0.29) is 11.9 Å². The zero-order chi connectivity index (χ0) is 14.8. The topological polar surface area (TPSA) is 32.8 Å². The highest BCUT2D eigenvalue weighted by molar-refractivity contribution is 5.78. The van der Waals surface area contributed by atoms with Gasteiger partial charge in [0, 0.05) is 18.6 Å². The lowest BCUT2D eigenvalue weighted by Gasteiger charge is -2.33. The normalized spacial score (nSPS) is 28.3. The summed E-state index contributed by atoms with van der Waals surface area (Å²) in [6.07, 6.45) is -0.366. The van der Waals surface area contributed by atoms with Crippen LogP contribution in [0.5, 0.6) is 0 Å². The van der Waals surface area contributed by atoms with Crippen LogP contribution in [0.15, 0.2) is 0 Å². The molecule has 0 aromatic carbocycles. The van der Waals surface area contributed by atoms with Gasteiger partial charge in [-0.25, -0.2) is 0 Å². The fourth-order valence-electron chi connectivity index (χ4n) is 3.26. The lowest BCUT2D eigenvalue weighted by atomic mass is 10.0. The average Bonchev–Trinajstić information content (AvgIpc) is 2.94. The maximum Gasteiger partial charge on any atom is 0.411 e. The number of carbonyl (C=O) groups excluding carboxylic acids is 1. The van der Waals surface area contributed by atoms with E-state index in [1.807, 2.05) is 7.05 Å². The molecule has 20 heavy (non-hydrogen) atoms. The maximum atomic E-state index is 12.0. The van der Waals surface area contributed by atoms with Gasteiger partial charge in [-0.1, -0.05) is 0 Å². The Labute approximate surface area is 116 Å². The average molecular weight is 294 g/mol. The largest absolute Gasteiger partial charge is 0.411 e. The minimum Gasteiger partial charge on any atom is -0.362 e. The molecule has 4 nitrogen and oxygen atoms in total. The Morgan fingerprint density at radius 2 is 1.85 bits per heavy atom. The predicted octanol–water partition coefficient (Wildman–Crippen LogP) is 1.65. The Morgan fingerprint density at radius 1 is 1.20 bits per heavy atom. The monoisotopic (exact) mass is 294 g/mol. The van der Waals surface area contributed by atoms with Crippen molar-refractivity contribution in [2.24, 2.45) is 0 Å². The van der Waals surface area contributed by atoms with Crippen LogP contribution in [0.3, 0.4) is 0 Å². The van der Waals surface area contributed by atoms with Gasteiger partial charge in [0.1, 0.15) is 13.2 Å². The standard InChI is InChI=1S/C13H21F3N2O2/c1-17-6-2-4-10(17)11-5-3-7-18(11)12(19)8-20-9-13(14,15)16/h10-11H,2-9H2,1H3. The van der Waals surface area contributed by atoms with E-state index in [0.717, 1.165) is 32.2 Å². The number of hydrogen-bond acceptors (Lipinski definition) is 3. The molecular formula is C13H21F3N2O2. The second-order valence-corrected chi connectivity index (χ2v) is 5.59.